The third-order valence-electron chi connectivity index (χ3n) is 4.70. The molecule has 2 aliphatic rings. The standard InChI is InChI=1S/C16H22ClN5O3S/c1-5-6-26-15-18-13(17)10-14(19-15)22(21-20-10)8-7-9(23-4)12-11(8)24-16(2,3)25-12/h8-9,11-12H,5-7H2,1-4H3/t8-,9+,11+,12-/m1/s1. The van der Waals surface area contributed by atoms with Gasteiger partial charge in [-0.1, -0.05) is 35.5 Å². The van der Waals surface area contributed by atoms with E-state index < -0.39 is 5.79 Å². The summed E-state index contributed by atoms with van der Waals surface area (Å²) < 4.78 is 19.6. The van der Waals surface area contributed by atoms with Gasteiger partial charge < -0.3 is 14.2 Å². The van der Waals surface area contributed by atoms with E-state index in [1.807, 2.05) is 13.8 Å². The first-order valence-corrected chi connectivity index (χ1v) is 10.1. The molecule has 2 fully saturated rings. The second-order valence-corrected chi connectivity index (χ2v) is 8.41. The van der Waals surface area contributed by atoms with Gasteiger partial charge in [-0.05, 0) is 20.3 Å². The molecular formula is C16H22ClN5O3S. The van der Waals surface area contributed by atoms with E-state index in [9.17, 15) is 0 Å². The average molecular weight is 400 g/mol. The fraction of sp³-hybridized carbons (Fsp3) is 0.750. The predicted molar refractivity (Wildman–Crippen MR) is 97.4 cm³/mol. The Hall–Kier alpha value is -1.00. The molecule has 0 unspecified atom stereocenters. The van der Waals surface area contributed by atoms with E-state index >= 15 is 0 Å². The van der Waals surface area contributed by atoms with Crippen molar-refractivity contribution in [2.45, 2.75) is 68.9 Å². The van der Waals surface area contributed by atoms with Gasteiger partial charge in [0.15, 0.2) is 27.3 Å². The monoisotopic (exact) mass is 399 g/mol. The Balaban J connectivity index is 1.73. The van der Waals surface area contributed by atoms with Gasteiger partial charge in [0.25, 0.3) is 0 Å². The Morgan fingerprint density at radius 2 is 2.08 bits per heavy atom. The highest BCUT2D eigenvalue weighted by Crippen LogP contribution is 2.45. The smallest absolute Gasteiger partial charge is 0.191 e. The molecule has 0 aromatic carbocycles. The molecule has 4 atom stereocenters. The molecule has 4 rings (SSSR count). The van der Waals surface area contributed by atoms with Crippen LogP contribution in [0.25, 0.3) is 11.2 Å². The molecule has 0 amide bonds. The number of halogens is 1. The van der Waals surface area contributed by atoms with Gasteiger partial charge in [0.2, 0.25) is 0 Å². The zero-order valence-electron chi connectivity index (χ0n) is 15.2. The molecule has 2 aromatic rings. The molecule has 0 radical (unpaired) electrons. The number of fused-ring (bicyclic) bond motifs is 2. The van der Waals surface area contributed by atoms with Crippen LogP contribution in [0.15, 0.2) is 5.16 Å². The molecule has 142 valence electrons. The number of aromatic nitrogens is 5. The van der Waals surface area contributed by atoms with E-state index in [4.69, 9.17) is 25.8 Å². The van der Waals surface area contributed by atoms with Crippen LogP contribution >= 0.6 is 23.4 Å². The summed E-state index contributed by atoms with van der Waals surface area (Å²) >= 11 is 7.88. The van der Waals surface area contributed by atoms with Crippen molar-refractivity contribution in [1.29, 1.82) is 0 Å². The maximum absolute atomic E-state index is 6.31. The summed E-state index contributed by atoms with van der Waals surface area (Å²) in [4.78, 5) is 8.97. The fourth-order valence-corrected chi connectivity index (χ4v) is 4.58. The first-order chi connectivity index (χ1) is 12.4. The lowest BCUT2D eigenvalue weighted by atomic mass is 10.2. The molecule has 0 spiro atoms. The Morgan fingerprint density at radius 1 is 1.31 bits per heavy atom. The fourth-order valence-electron chi connectivity index (χ4n) is 3.64. The van der Waals surface area contributed by atoms with Crippen LogP contribution in [0, 0.1) is 0 Å². The van der Waals surface area contributed by atoms with Crippen LogP contribution in [0.3, 0.4) is 0 Å². The van der Waals surface area contributed by atoms with E-state index in [2.05, 4.69) is 27.2 Å². The van der Waals surface area contributed by atoms with Gasteiger partial charge in [-0.2, -0.15) is 0 Å². The number of hydrogen-bond donors (Lipinski definition) is 0. The lowest BCUT2D eigenvalue weighted by Crippen LogP contribution is -2.30. The van der Waals surface area contributed by atoms with Gasteiger partial charge in [-0.15, -0.1) is 5.10 Å². The zero-order chi connectivity index (χ0) is 18.5. The van der Waals surface area contributed by atoms with Gasteiger partial charge in [0.05, 0.1) is 12.1 Å². The van der Waals surface area contributed by atoms with Crippen molar-refractivity contribution in [3.05, 3.63) is 5.15 Å². The maximum atomic E-state index is 6.31. The second-order valence-electron chi connectivity index (χ2n) is 6.99. The van der Waals surface area contributed by atoms with E-state index in [1.165, 1.54) is 0 Å². The largest absolute Gasteiger partial charge is 0.379 e. The van der Waals surface area contributed by atoms with Crippen LogP contribution in [0.1, 0.15) is 39.7 Å². The first kappa shape index (κ1) is 18.4. The van der Waals surface area contributed by atoms with Crippen LogP contribution in [-0.2, 0) is 14.2 Å². The van der Waals surface area contributed by atoms with E-state index in [-0.39, 0.29) is 24.4 Å². The average Bonchev–Trinajstić information content (AvgIpc) is 3.23. The molecule has 1 saturated heterocycles. The molecule has 1 aliphatic heterocycles. The summed E-state index contributed by atoms with van der Waals surface area (Å²) in [7, 11) is 1.69. The van der Waals surface area contributed by atoms with Crippen molar-refractivity contribution in [3.63, 3.8) is 0 Å². The van der Waals surface area contributed by atoms with Gasteiger partial charge in [-0.3, -0.25) is 0 Å². The van der Waals surface area contributed by atoms with Crippen LogP contribution < -0.4 is 0 Å². The van der Waals surface area contributed by atoms with Crippen LogP contribution in [-0.4, -0.2) is 61.9 Å². The number of methoxy groups -OCH3 is 1. The molecule has 1 aliphatic carbocycles. The molecule has 2 aromatic heterocycles. The highest BCUT2D eigenvalue weighted by Gasteiger charge is 2.55. The molecule has 10 heteroatoms. The van der Waals surface area contributed by atoms with Crippen LogP contribution in [0.4, 0.5) is 0 Å². The van der Waals surface area contributed by atoms with E-state index in [0.29, 0.717) is 27.9 Å². The molecule has 0 bridgehead atoms. The maximum Gasteiger partial charge on any atom is 0.191 e. The van der Waals surface area contributed by atoms with Crippen molar-refractivity contribution in [3.8, 4) is 0 Å². The second kappa shape index (κ2) is 6.87. The molecule has 1 saturated carbocycles. The summed E-state index contributed by atoms with van der Waals surface area (Å²) in [6, 6.07) is -0.0910. The minimum atomic E-state index is -0.657. The number of thioether (sulfide) groups is 1. The van der Waals surface area contributed by atoms with Crippen molar-refractivity contribution in [1.82, 2.24) is 25.0 Å². The van der Waals surface area contributed by atoms with Crippen LogP contribution in [0.2, 0.25) is 5.15 Å². The van der Waals surface area contributed by atoms with E-state index in [0.717, 1.165) is 12.2 Å². The SMILES string of the molecule is CCCSc1nc(Cl)c2nnn([C@@H]3C[C@H](OC)[C@H]4OC(C)(C)O[C@H]43)c2n1. The summed E-state index contributed by atoms with van der Waals surface area (Å²) in [5, 5.41) is 9.47. The quantitative estimate of drug-likeness (QED) is 0.431. The number of ether oxygens (including phenoxy) is 3. The third kappa shape index (κ3) is 3.09. The number of rotatable bonds is 5. The van der Waals surface area contributed by atoms with Crippen LogP contribution in [0.5, 0.6) is 0 Å². The number of nitrogens with zero attached hydrogens (tertiary/aromatic N) is 5. The molecule has 3 heterocycles. The summed E-state index contributed by atoms with van der Waals surface area (Å²) in [5.41, 5.74) is 1.13. The summed E-state index contributed by atoms with van der Waals surface area (Å²) in [6.45, 7) is 5.93. The third-order valence-corrected chi connectivity index (χ3v) is 6.01. The summed E-state index contributed by atoms with van der Waals surface area (Å²) in [5.74, 6) is 0.268. The Morgan fingerprint density at radius 3 is 2.81 bits per heavy atom. The van der Waals surface area contributed by atoms with Gasteiger partial charge in [0, 0.05) is 19.3 Å². The lowest BCUT2D eigenvalue weighted by molar-refractivity contribution is -0.168. The van der Waals surface area contributed by atoms with Gasteiger partial charge >= 0.3 is 0 Å². The topological polar surface area (TPSA) is 84.2 Å². The van der Waals surface area contributed by atoms with E-state index in [1.54, 1.807) is 23.6 Å². The lowest BCUT2D eigenvalue weighted by Gasteiger charge is -2.23. The molecular weight excluding hydrogens is 378 g/mol. The molecule has 26 heavy (non-hydrogen) atoms. The normalized spacial score (nSPS) is 30.2. The van der Waals surface area contributed by atoms with Gasteiger partial charge in [-0.25, -0.2) is 14.6 Å². The van der Waals surface area contributed by atoms with Crippen molar-refractivity contribution < 1.29 is 14.2 Å². The minimum absolute atomic E-state index is 0.0720. The zero-order valence-corrected chi connectivity index (χ0v) is 16.8. The Labute approximate surface area is 160 Å². The predicted octanol–water partition coefficient (Wildman–Crippen LogP) is 2.86. The highest BCUT2D eigenvalue weighted by atomic mass is 35.5. The molecule has 8 nitrogen and oxygen atoms in total. The van der Waals surface area contributed by atoms with Gasteiger partial charge in [0.1, 0.15) is 12.2 Å². The first-order valence-electron chi connectivity index (χ1n) is 8.73. The minimum Gasteiger partial charge on any atom is -0.379 e. The number of hydrogen-bond acceptors (Lipinski definition) is 8. The summed E-state index contributed by atoms with van der Waals surface area (Å²) in [6.07, 6.45) is 1.34. The Kier molecular flexibility index (Phi) is 4.85. The van der Waals surface area contributed by atoms with Crippen molar-refractivity contribution in [2.24, 2.45) is 0 Å². The Bertz CT molecular complexity index is 817. The van der Waals surface area contributed by atoms with Crippen molar-refractivity contribution in [2.75, 3.05) is 12.9 Å². The highest BCUT2D eigenvalue weighted by molar-refractivity contribution is 7.99. The van der Waals surface area contributed by atoms with Crippen molar-refractivity contribution >= 4 is 34.5 Å². The molecule has 0 N–H and O–H groups in total.